The highest BCUT2D eigenvalue weighted by atomic mass is 16.5. The summed E-state index contributed by atoms with van der Waals surface area (Å²) in [4.78, 5) is 0. The van der Waals surface area contributed by atoms with Gasteiger partial charge in [-0.2, -0.15) is 0 Å². The highest BCUT2D eigenvalue weighted by Crippen LogP contribution is 2.31. The van der Waals surface area contributed by atoms with Crippen LogP contribution in [0.3, 0.4) is 0 Å². The van der Waals surface area contributed by atoms with E-state index in [-0.39, 0.29) is 0 Å². The molecule has 3 aromatic carbocycles. The van der Waals surface area contributed by atoms with Gasteiger partial charge in [-0.1, -0.05) is 24.3 Å². The van der Waals surface area contributed by atoms with Gasteiger partial charge in [0, 0.05) is 11.6 Å². The first-order valence-corrected chi connectivity index (χ1v) is 11.4. The Hall–Kier alpha value is -4.05. The van der Waals surface area contributed by atoms with Crippen LogP contribution in [-0.2, 0) is 0 Å². The highest BCUT2D eigenvalue weighted by Gasteiger charge is 2.18. The minimum absolute atomic E-state index is 0.636. The quantitative estimate of drug-likeness (QED) is 0.242. The molecule has 0 saturated heterocycles. The average Bonchev–Trinajstić information content (AvgIpc) is 2.89. The molecule has 0 fully saturated rings. The minimum atomic E-state index is 0.636. The van der Waals surface area contributed by atoms with Gasteiger partial charge in [0.1, 0.15) is 17.2 Å². The van der Waals surface area contributed by atoms with Crippen LogP contribution in [0, 0.1) is 0 Å². The predicted octanol–water partition coefficient (Wildman–Crippen LogP) is 7.87. The first kappa shape index (κ1) is 23.1. The molecule has 4 nitrogen and oxygen atoms in total. The topological polar surface area (TPSA) is 39.0 Å². The van der Waals surface area contributed by atoms with E-state index in [9.17, 15) is 0 Å². The standard InChI is InChI=1S/C30H29O4/c1-4-32-27-13-6-22(7-14-27)8-15-29-20-25(23-9-16-26(31-3)17-10-23)21-30(34-29)24-11-18-28(19-12-24)33-5-2/h6-21H,4-5H2,1-3H3/q+1. The van der Waals surface area contributed by atoms with Crippen LogP contribution >= 0.6 is 0 Å². The fourth-order valence-electron chi connectivity index (χ4n) is 3.60. The zero-order valence-electron chi connectivity index (χ0n) is 19.8. The van der Waals surface area contributed by atoms with Crippen molar-refractivity contribution in [2.24, 2.45) is 0 Å². The first-order chi connectivity index (χ1) is 16.7. The van der Waals surface area contributed by atoms with Crippen LogP contribution in [0.2, 0.25) is 0 Å². The van der Waals surface area contributed by atoms with Crippen molar-refractivity contribution in [2.45, 2.75) is 13.8 Å². The molecule has 0 saturated carbocycles. The molecular weight excluding hydrogens is 424 g/mol. The van der Waals surface area contributed by atoms with Gasteiger partial charge in [-0.15, -0.1) is 0 Å². The van der Waals surface area contributed by atoms with Crippen molar-refractivity contribution in [1.29, 1.82) is 0 Å². The molecule has 0 aliphatic carbocycles. The number of benzene rings is 3. The largest absolute Gasteiger partial charge is 0.497 e. The maximum Gasteiger partial charge on any atom is 0.361 e. The molecule has 0 bridgehead atoms. The van der Waals surface area contributed by atoms with Crippen LogP contribution in [0.1, 0.15) is 25.2 Å². The summed E-state index contributed by atoms with van der Waals surface area (Å²) in [6, 6.07) is 28.1. The van der Waals surface area contributed by atoms with Crippen molar-refractivity contribution in [1.82, 2.24) is 0 Å². The summed E-state index contributed by atoms with van der Waals surface area (Å²) in [5.41, 5.74) is 4.19. The lowest BCUT2D eigenvalue weighted by Crippen LogP contribution is -1.91. The minimum Gasteiger partial charge on any atom is -0.497 e. The molecule has 0 amide bonds. The number of hydrogen-bond acceptors (Lipinski definition) is 3. The third kappa shape index (κ3) is 5.84. The van der Waals surface area contributed by atoms with Crippen LogP contribution in [0.5, 0.6) is 17.2 Å². The maximum atomic E-state index is 6.28. The normalized spacial score (nSPS) is 10.9. The zero-order chi connectivity index (χ0) is 23.8. The van der Waals surface area contributed by atoms with Crippen LogP contribution in [0.15, 0.2) is 89.3 Å². The van der Waals surface area contributed by atoms with Crippen LogP contribution in [0.25, 0.3) is 34.6 Å². The molecule has 4 aromatic rings. The van der Waals surface area contributed by atoms with E-state index in [0.717, 1.165) is 51.0 Å². The van der Waals surface area contributed by atoms with Gasteiger partial charge < -0.3 is 14.2 Å². The Balaban J connectivity index is 1.69. The average molecular weight is 454 g/mol. The Labute approximate surface area is 201 Å². The summed E-state index contributed by atoms with van der Waals surface area (Å²) < 4.78 is 22.7. The van der Waals surface area contributed by atoms with Crippen LogP contribution in [-0.4, -0.2) is 20.3 Å². The molecule has 0 spiro atoms. The summed E-state index contributed by atoms with van der Waals surface area (Å²) in [7, 11) is 1.67. The molecule has 4 rings (SSSR count). The molecule has 34 heavy (non-hydrogen) atoms. The van der Waals surface area contributed by atoms with Gasteiger partial charge in [0.2, 0.25) is 0 Å². The summed E-state index contributed by atoms with van der Waals surface area (Å²) in [6.07, 6.45) is 4.02. The van der Waals surface area contributed by atoms with E-state index in [1.54, 1.807) is 7.11 Å². The second-order valence-corrected chi connectivity index (χ2v) is 7.63. The van der Waals surface area contributed by atoms with Gasteiger partial charge in [-0.3, -0.25) is 0 Å². The second-order valence-electron chi connectivity index (χ2n) is 7.63. The lowest BCUT2D eigenvalue weighted by Gasteiger charge is -2.04. The molecule has 172 valence electrons. The van der Waals surface area contributed by atoms with Crippen molar-refractivity contribution in [3.8, 4) is 39.7 Å². The Bertz CT molecular complexity index is 1220. The number of hydrogen-bond donors (Lipinski definition) is 0. The molecule has 0 aliphatic heterocycles. The van der Waals surface area contributed by atoms with E-state index in [2.05, 4.69) is 18.2 Å². The van der Waals surface area contributed by atoms with Gasteiger partial charge >= 0.3 is 11.5 Å². The SMILES string of the molecule is CCOc1ccc(C=Cc2cc(-c3ccc(OC)cc3)cc(-c3ccc(OCC)cc3)[o+]2)cc1. The number of rotatable bonds is 9. The number of ether oxygens (including phenoxy) is 3. The van der Waals surface area contributed by atoms with Crippen LogP contribution < -0.4 is 14.2 Å². The molecule has 0 unspecified atom stereocenters. The van der Waals surface area contributed by atoms with E-state index < -0.39 is 0 Å². The smallest absolute Gasteiger partial charge is 0.361 e. The highest BCUT2D eigenvalue weighted by molar-refractivity contribution is 5.75. The van der Waals surface area contributed by atoms with Crippen molar-refractivity contribution in [2.75, 3.05) is 20.3 Å². The van der Waals surface area contributed by atoms with Crippen molar-refractivity contribution < 1.29 is 18.6 Å². The second kappa shape index (κ2) is 11.2. The van der Waals surface area contributed by atoms with Crippen LogP contribution in [0.4, 0.5) is 0 Å². The van der Waals surface area contributed by atoms with Gasteiger partial charge in [-0.25, -0.2) is 4.42 Å². The fraction of sp³-hybridized carbons (Fsp3) is 0.167. The van der Waals surface area contributed by atoms with Gasteiger partial charge in [0.15, 0.2) is 0 Å². The molecule has 0 radical (unpaired) electrons. The monoisotopic (exact) mass is 453 g/mol. The van der Waals surface area contributed by atoms with E-state index in [1.807, 2.05) is 92.7 Å². The van der Waals surface area contributed by atoms with Crippen molar-refractivity contribution in [3.05, 3.63) is 96.3 Å². The van der Waals surface area contributed by atoms with E-state index in [1.165, 1.54) is 0 Å². The molecule has 0 aliphatic rings. The third-order valence-corrected chi connectivity index (χ3v) is 5.32. The maximum absolute atomic E-state index is 6.28. The van der Waals surface area contributed by atoms with E-state index >= 15 is 0 Å². The van der Waals surface area contributed by atoms with Gasteiger partial charge in [0.05, 0.1) is 38.0 Å². The lowest BCUT2D eigenvalue weighted by molar-refractivity contribution is 0.340. The summed E-state index contributed by atoms with van der Waals surface area (Å²) in [5.74, 6) is 4.07. The molecule has 1 aromatic heterocycles. The summed E-state index contributed by atoms with van der Waals surface area (Å²) in [5, 5.41) is 0. The predicted molar refractivity (Wildman–Crippen MR) is 138 cm³/mol. The third-order valence-electron chi connectivity index (χ3n) is 5.32. The first-order valence-electron chi connectivity index (χ1n) is 11.4. The van der Waals surface area contributed by atoms with Crippen molar-refractivity contribution >= 4 is 12.2 Å². The molecule has 0 atom stereocenters. The Morgan fingerprint density at radius 3 is 1.76 bits per heavy atom. The zero-order valence-corrected chi connectivity index (χ0v) is 19.8. The fourth-order valence-corrected chi connectivity index (χ4v) is 3.60. The Morgan fingerprint density at radius 1 is 0.618 bits per heavy atom. The molecule has 0 N–H and O–H groups in total. The Kier molecular flexibility index (Phi) is 7.61. The van der Waals surface area contributed by atoms with Crippen molar-refractivity contribution in [3.63, 3.8) is 0 Å². The molecular formula is C30H29O4+. The van der Waals surface area contributed by atoms with Gasteiger partial charge in [-0.05, 0) is 79.6 Å². The van der Waals surface area contributed by atoms with E-state index in [0.29, 0.717) is 13.2 Å². The van der Waals surface area contributed by atoms with E-state index in [4.69, 9.17) is 18.6 Å². The summed E-state index contributed by atoms with van der Waals surface area (Å²) >= 11 is 0. The Morgan fingerprint density at radius 2 is 1.18 bits per heavy atom. The summed E-state index contributed by atoms with van der Waals surface area (Å²) in [6.45, 7) is 5.25. The molecule has 4 heteroatoms. The van der Waals surface area contributed by atoms with Gasteiger partial charge in [0.25, 0.3) is 0 Å². The molecule has 1 heterocycles. The lowest BCUT2D eigenvalue weighted by atomic mass is 10.0. The number of methoxy groups -OCH3 is 1.